The van der Waals surface area contributed by atoms with Crippen LogP contribution in [0.15, 0.2) is 36.5 Å². The summed E-state index contributed by atoms with van der Waals surface area (Å²) < 4.78 is 0. The largest absolute Gasteiger partial charge is 0.294 e. The predicted octanol–water partition coefficient (Wildman–Crippen LogP) is 3.04. The number of carbonyl (C=O) groups is 1. The molecule has 0 N–H and O–H groups in total. The molecular weight excluding hydrogens is 148 g/mol. The molecule has 0 bridgehead atoms. The summed E-state index contributed by atoms with van der Waals surface area (Å²) in [6, 6.07) is 0. The number of Topliss-reactive ketones (excluding diaryl/α,β-unsaturated/α-hetero) is 1. The van der Waals surface area contributed by atoms with E-state index in [-0.39, 0.29) is 5.78 Å². The lowest BCUT2D eigenvalue weighted by molar-refractivity contribution is -0.114. The zero-order valence-electron chi connectivity index (χ0n) is 7.84. The lowest BCUT2D eigenvalue weighted by atomic mass is 10.1. The third kappa shape index (κ3) is 3.91. The summed E-state index contributed by atoms with van der Waals surface area (Å²) in [5.41, 5.74) is 0.745. The van der Waals surface area contributed by atoms with Crippen LogP contribution in [-0.4, -0.2) is 5.78 Å². The van der Waals surface area contributed by atoms with Gasteiger partial charge < -0.3 is 0 Å². The predicted molar refractivity (Wildman–Crippen MR) is 53.0 cm³/mol. The molecule has 0 saturated carbocycles. The molecule has 0 heterocycles. The van der Waals surface area contributed by atoms with Crippen molar-refractivity contribution in [2.45, 2.75) is 26.7 Å². The zero-order chi connectivity index (χ0) is 9.40. The first-order valence-corrected chi connectivity index (χ1v) is 4.28. The highest BCUT2D eigenvalue weighted by Gasteiger charge is 2.00. The molecular formula is C11H16O. The van der Waals surface area contributed by atoms with Crippen LogP contribution in [0.1, 0.15) is 26.7 Å². The fourth-order valence-corrected chi connectivity index (χ4v) is 0.817. The molecule has 0 aromatic rings. The number of hydrogen-bond donors (Lipinski definition) is 0. The van der Waals surface area contributed by atoms with E-state index in [1.807, 2.05) is 26.0 Å². The van der Waals surface area contributed by atoms with Gasteiger partial charge in [-0.3, -0.25) is 4.79 Å². The molecule has 0 aromatic carbocycles. The summed E-state index contributed by atoms with van der Waals surface area (Å²) >= 11 is 0. The molecule has 0 saturated heterocycles. The van der Waals surface area contributed by atoms with Gasteiger partial charge in [-0.25, -0.2) is 0 Å². The summed E-state index contributed by atoms with van der Waals surface area (Å²) in [7, 11) is 0. The molecule has 0 unspecified atom stereocenters. The van der Waals surface area contributed by atoms with Crippen molar-refractivity contribution in [3.05, 3.63) is 36.5 Å². The van der Waals surface area contributed by atoms with Gasteiger partial charge in [0, 0.05) is 12.0 Å². The summed E-state index contributed by atoms with van der Waals surface area (Å²) in [5, 5.41) is 0. The van der Waals surface area contributed by atoms with Crippen molar-refractivity contribution in [1.29, 1.82) is 0 Å². The lowest BCUT2D eigenvalue weighted by Crippen LogP contribution is -1.97. The van der Waals surface area contributed by atoms with E-state index in [1.54, 1.807) is 12.2 Å². The van der Waals surface area contributed by atoms with E-state index < -0.39 is 0 Å². The van der Waals surface area contributed by atoms with Gasteiger partial charge in [0.25, 0.3) is 0 Å². The number of hydrogen-bond acceptors (Lipinski definition) is 1. The quantitative estimate of drug-likeness (QED) is 0.451. The highest BCUT2D eigenvalue weighted by Crippen LogP contribution is 2.03. The van der Waals surface area contributed by atoms with Crippen LogP contribution >= 0.6 is 0 Å². The maximum Gasteiger partial charge on any atom is 0.162 e. The van der Waals surface area contributed by atoms with Crippen molar-refractivity contribution in [3.63, 3.8) is 0 Å². The van der Waals surface area contributed by atoms with Crippen molar-refractivity contribution in [3.8, 4) is 0 Å². The fraction of sp³-hybridized carbons (Fsp3) is 0.364. The third-order valence-corrected chi connectivity index (χ3v) is 1.47. The van der Waals surface area contributed by atoms with Gasteiger partial charge in [-0.1, -0.05) is 44.7 Å². The van der Waals surface area contributed by atoms with Crippen molar-refractivity contribution in [2.24, 2.45) is 0 Å². The van der Waals surface area contributed by atoms with Crippen LogP contribution in [0.2, 0.25) is 0 Å². The SMILES string of the molecule is C=CC=C(C=CCC)C(=O)CC. The standard InChI is InChI=1S/C11H16O/c1-4-7-9-10(8-5-2)11(12)6-3/h5,7-9H,2,4,6H2,1,3H3. The molecule has 0 atom stereocenters. The van der Waals surface area contributed by atoms with Crippen LogP contribution in [0.5, 0.6) is 0 Å². The summed E-state index contributed by atoms with van der Waals surface area (Å²) in [4.78, 5) is 11.2. The van der Waals surface area contributed by atoms with Gasteiger partial charge in [-0.2, -0.15) is 0 Å². The minimum atomic E-state index is 0.166. The number of allylic oxidation sites excluding steroid dienone is 5. The molecule has 1 heteroatoms. The van der Waals surface area contributed by atoms with Crippen LogP contribution in [-0.2, 0) is 4.79 Å². The van der Waals surface area contributed by atoms with Crippen LogP contribution in [0.3, 0.4) is 0 Å². The fourth-order valence-electron chi connectivity index (χ4n) is 0.817. The molecule has 0 spiro atoms. The highest BCUT2D eigenvalue weighted by atomic mass is 16.1. The van der Waals surface area contributed by atoms with Gasteiger partial charge in [0.05, 0.1) is 0 Å². The zero-order valence-corrected chi connectivity index (χ0v) is 7.84. The van der Waals surface area contributed by atoms with E-state index in [4.69, 9.17) is 0 Å². The Kier molecular flexibility index (Phi) is 5.98. The summed E-state index contributed by atoms with van der Waals surface area (Å²) in [6.07, 6.45) is 8.72. The maximum atomic E-state index is 11.2. The normalized spacial score (nSPS) is 12.0. The van der Waals surface area contributed by atoms with E-state index in [0.29, 0.717) is 6.42 Å². The molecule has 0 fully saturated rings. The molecule has 0 aromatic heterocycles. The molecule has 0 radical (unpaired) electrons. The second kappa shape index (κ2) is 6.59. The molecule has 0 amide bonds. The lowest BCUT2D eigenvalue weighted by Gasteiger charge is -1.95. The van der Waals surface area contributed by atoms with E-state index in [9.17, 15) is 4.79 Å². The Balaban J connectivity index is 4.44. The Bertz CT molecular complexity index is 209. The van der Waals surface area contributed by atoms with E-state index in [2.05, 4.69) is 6.58 Å². The maximum absolute atomic E-state index is 11.2. The molecule has 0 aliphatic rings. The molecule has 12 heavy (non-hydrogen) atoms. The van der Waals surface area contributed by atoms with Crippen molar-refractivity contribution < 1.29 is 4.79 Å². The minimum absolute atomic E-state index is 0.166. The first-order valence-electron chi connectivity index (χ1n) is 4.28. The third-order valence-electron chi connectivity index (χ3n) is 1.47. The molecule has 1 nitrogen and oxygen atoms in total. The Morgan fingerprint density at radius 2 is 2.08 bits per heavy atom. The van der Waals surface area contributed by atoms with Gasteiger partial charge in [0.1, 0.15) is 0 Å². The highest BCUT2D eigenvalue weighted by molar-refractivity contribution is 5.97. The second-order valence-electron chi connectivity index (χ2n) is 2.45. The number of carbonyl (C=O) groups excluding carboxylic acids is 1. The molecule has 0 aliphatic carbocycles. The minimum Gasteiger partial charge on any atom is -0.294 e. The number of ketones is 1. The Labute approximate surface area is 74.5 Å². The van der Waals surface area contributed by atoms with Gasteiger partial charge in [0.15, 0.2) is 5.78 Å². The van der Waals surface area contributed by atoms with Gasteiger partial charge in [0.2, 0.25) is 0 Å². The van der Waals surface area contributed by atoms with Gasteiger partial charge >= 0.3 is 0 Å². The van der Waals surface area contributed by atoms with Crippen molar-refractivity contribution >= 4 is 5.78 Å². The number of rotatable bonds is 5. The second-order valence-corrected chi connectivity index (χ2v) is 2.45. The summed E-state index contributed by atoms with van der Waals surface area (Å²) in [6.45, 7) is 7.46. The van der Waals surface area contributed by atoms with Crippen LogP contribution < -0.4 is 0 Å². The Hall–Kier alpha value is -1.11. The molecule has 0 aliphatic heterocycles. The average Bonchev–Trinajstić information content (AvgIpc) is 2.11. The monoisotopic (exact) mass is 164 g/mol. The van der Waals surface area contributed by atoms with E-state index in [1.165, 1.54) is 0 Å². The Morgan fingerprint density at radius 1 is 1.42 bits per heavy atom. The van der Waals surface area contributed by atoms with Crippen molar-refractivity contribution in [1.82, 2.24) is 0 Å². The van der Waals surface area contributed by atoms with Gasteiger partial charge in [-0.15, -0.1) is 0 Å². The Morgan fingerprint density at radius 3 is 2.50 bits per heavy atom. The molecule has 0 rings (SSSR count). The van der Waals surface area contributed by atoms with Crippen LogP contribution in [0, 0.1) is 0 Å². The smallest absolute Gasteiger partial charge is 0.162 e. The van der Waals surface area contributed by atoms with Crippen molar-refractivity contribution in [2.75, 3.05) is 0 Å². The molecule has 66 valence electrons. The van der Waals surface area contributed by atoms with E-state index >= 15 is 0 Å². The first-order chi connectivity index (χ1) is 5.76. The van der Waals surface area contributed by atoms with E-state index in [0.717, 1.165) is 12.0 Å². The van der Waals surface area contributed by atoms with Crippen LogP contribution in [0.25, 0.3) is 0 Å². The van der Waals surface area contributed by atoms with Gasteiger partial charge in [-0.05, 0) is 6.42 Å². The summed E-state index contributed by atoms with van der Waals surface area (Å²) in [5.74, 6) is 0.166. The topological polar surface area (TPSA) is 17.1 Å². The average molecular weight is 164 g/mol. The first kappa shape index (κ1) is 10.9. The van der Waals surface area contributed by atoms with Crippen LogP contribution in [0.4, 0.5) is 0 Å².